The summed E-state index contributed by atoms with van der Waals surface area (Å²) in [6, 6.07) is 17.5. The summed E-state index contributed by atoms with van der Waals surface area (Å²) < 4.78 is 0. The summed E-state index contributed by atoms with van der Waals surface area (Å²) in [7, 11) is 1.64. The van der Waals surface area contributed by atoms with Crippen LogP contribution in [-0.4, -0.2) is 36.1 Å². The Morgan fingerprint density at radius 1 is 1.00 bits per heavy atom. The molecule has 3 aromatic rings. The highest BCUT2D eigenvalue weighted by molar-refractivity contribution is 8.00. The van der Waals surface area contributed by atoms with Gasteiger partial charge in [-0.1, -0.05) is 54.1 Å². The molecule has 0 saturated heterocycles. The van der Waals surface area contributed by atoms with E-state index in [1.54, 1.807) is 7.05 Å². The minimum atomic E-state index is -0.212. The lowest BCUT2D eigenvalue weighted by atomic mass is 10.1. The number of halogens is 1. The molecule has 0 aliphatic carbocycles. The van der Waals surface area contributed by atoms with Crippen LogP contribution in [0, 0.1) is 13.8 Å². The molecule has 0 atom stereocenters. The van der Waals surface area contributed by atoms with Crippen molar-refractivity contribution in [1.29, 1.82) is 0 Å². The highest BCUT2D eigenvalue weighted by Gasteiger charge is 2.16. The fourth-order valence-corrected chi connectivity index (χ4v) is 4.51. The highest BCUT2D eigenvalue weighted by atomic mass is 35.5. The molecule has 1 N–H and O–H groups in total. The molecule has 6 heteroatoms. The van der Waals surface area contributed by atoms with Gasteiger partial charge in [0.25, 0.3) is 0 Å². The number of aryl methyl sites for hydroxylation is 2. The summed E-state index contributed by atoms with van der Waals surface area (Å²) in [5.74, 6) is -0.0931. The number of nitrogens with zero attached hydrogens (tertiary/aromatic N) is 1. The second kappa shape index (κ2) is 9.33. The van der Waals surface area contributed by atoms with Crippen LogP contribution in [0.5, 0.6) is 0 Å². The molecular formula is C23H23ClN2O2S. The van der Waals surface area contributed by atoms with Crippen molar-refractivity contribution >= 4 is 51.6 Å². The lowest BCUT2D eigenvalue weighted by Gasteiger charge is -2.18. The van der Waals surface area contributed by atoms with E-state index in [1.807, 2.05) is 68.4 Å². The van der Waals surface area contributed by atoms with Crippen LogP contribution in [0.4, 0.5) is 5.69 Å². The maximum Gasteiger partial charge on any atom is 0.243 e. The molecule has 3 rings (SSSR count). The molecule has 0 saturated carbocycles. The van der Waals surface area contributed by atoms with Gasteiger partial charge in [-0.15, -0.1) is 11.8 Å². The highest BCUT2D eigenvalue weighted by Crippen LogP contribution is 2.33. The van der Waals surface area contributed by atoms with Crippen molar-refractivity contribution in [3.8, 4) is 0 Å². The van der Waals surface area contributed by atoms with Crippen LogP contribution in [-0.2, 0) is 9.59 Å². The minimum absolute atomic E-state index is 0.00343. The van der Waals surface area contributed by atoms with Gasteiger partial charge in [0.1, 0.15) is 0 Å². The average Bonchev–Trinajstić information content (AvgIpc) is 2.69. The maximum absolute atomic E-state index is 12.6. The van der Waals surface area contributed by atoms with Gasteiger partial charge in [0.2, 0.25) is 11.8 Å². The number of thioether (sulfide) groups is 1. The van der Waals surface area contributed by atoms with E-state index in [9.17, 15) is 9.59 Å². The largest absolute Gasteiger partial charge is 0.336 e. The van der Waals surface area contributed by atoms with E-state index in [0.29, 0.717) is 5.02 Å². The van der Waals surface area contributed by atoms with Crippen molar-refractivity contribution in [2.75, 3.05) is 24.7 Å². The first-order valence-electron chi connectivity index (χ1n) is 9.27. The summed E-state index contributed by atoms with van der Waals surface area (Å²) >= 11 is 7.78. The standard InChI is InChI=1S/C23H23ClN2O2S/c1-15-7-4-8-16(2)23(15)25-20(27)13-26(3)21(28)14-29-19-12-6-10-17-9-5-11-18(24)22(17)19/h4-12H,13-14H2,1-3H3,(H,25,27). The summed E-state index contributed by atoms with van der Waals surface area (Å²) in [5.41, 5.74) is 2.80. The number of amides is 2. The molecule has 0 unspecified atom stereocenters. The van der Waals surface area contributed by atoms with Gasteiger partial charge in [-0.3, -0.25) is 9.59 Å². The molecule has 0 fully saturated rings. The second-order valence-electron chi connectivity index (χ2n) is 6.95. The van der Waals surface area contributed by atoms with Crippen LogP contribution < -0.4 is 5.32 Å². The van der Waals surface area contributed by atoms with Gasteiger partial charge in [-0.25, -0.2) is 0 Å². The number of hydrogen-bond acceptors (Lipinski definition) is 3. The molecule has 4 nitrogen and oxygen atoms in total. The molecule has 0 spiro atoms. The Bertz CT molecular complexity index is 1040. The number of para-hydroxylation sites is 1. The maximum atomic E-state index is 12.6. The van der Waals surface area contributed by atoms with Crippen molar-refractivity contribution in [3.05, 3.63) is 70.7 Å². The van der Waals surface area contributed by atoms with E-state index in [4.69, 9.17) is 11.6 Å². The third-order valence-corrected chi connectivity index (χ3v) is 6.08. The quantitative estimate of drug-likeness (QED) is 0.544. The van der Waals surface area contributed by atoms with Crippen LogP contribution >= 0.6 is 23.4 Å². The molecule has 0 heterocycles. The summed E-state index contributed by atoms with van der Waals surface area (Å²) in [4.78, 5) is 27.3. The van der Waals surface area contributed by atoms with Crippen LogP contribution in [0.25, 0.3) is 10.8 Å². The first-order chi connectivity index (χ1) is 13.9. The van der Waals surface area contributed by atoms with Gasteiger partial charge >= 0.3 is 0 Å². The Morgan fingerprint density at radius 2 is 1.62 bits per heavy atom. The number of likely N-dealkylation sites (N-methyl/N-ethyl adjacent to an activating group) is 1. The molecule has 0 bridgehead atoms. The van der Waals surface area contributed by atoms with Gasteiger partial charge in [0.15, 0.2) is 0 Å². The SMILES string of the molecule is Cc1cccc(C)c1NC(=O)CN(C)C(=O)CSc1cccc2cccc(Cl)c12. The summed E-state index contributed by atoms with van der Waals surface area (Å²) in [5, 5.41) is 5.57. The molecule has 0 radical (unpaired) electrons. The topological polar surface area (TPSA) is 49.4 Å². The number of carbonyl (C=O) groups excluding carboxylic acids is 2. The van der Waals surface area contributed by atoms with E-state index in [0.717, 1.165) is 32.5 Å². The molecule has 0 aliphatic rings. The summed E-state index contributed by atoms with van der Waals surface area (Å²) in [6.07, 6.45) is 0. The first-order valence-corrected chi connectivity index (χ1v) is 10.6. The predicted molar refractivity (Wildman–Crippen MR) is 122 cm³/mol. The number of carbonyl (C=O) groups is 2. The third kappa shape index (κ3) is 5.11. The van der Waals surface area contributed by atoms with Crippen LogP contribution in [0.15, 0.2) is 59.5 Å². The average molecular weight is 427 g/mol. The molecule has 29 heavy (non-hydrogen) atoms. The van der Waals surface area contributed by atoms with Crippen molar-refractivity contribution < 1.29 is 9.59 Å². The number of nitrogens with one attached hydrogen (secondary N) is 1. The number of hydrogen-bond donors (Lipinski definition) is 1. The van der Waals surface area contributed by atoms with Gasteiger partial charge in [-0.05, 0) is 42.5 Å². The monoisotopic (exact) mass is 426 g/mol. The van der Waals surface area contributed by atoms with Gasteiger partial charge < -0.3 is 10.2 Å². The van der Waals surface area contributed by atoms with E-state index < -0.39 is 0 Å². The molecule has 0 aromatic heterocycles. The first kappa shape index (κ1) is 21.2. The van der Waals surface area contributed by atoms with E-state index in [-0.39, 0.29) is 24.1 Å². The van der Waals surface area contributed by atoms with E-state index in [2.05, 4.69) is 5.32 Å². The predicted octanol–water partition coefficient (Wildman–Crippen LogP) is 5.30. The molecule has 150 valence electrons. The number of rotatable bonds is 6. The second-order valence-corrected chi connectivity index (χ2v) is 8.37. The fraction of sp³-hybridized carbons (Fsp3) is 0.217. The Morgan fingerprint density at radius 3 is 2.31 bits per heavy atom. The van der Waals surface area contributed by atoms with E-state index in [1.165, 1.54) is 16.7 Å². The van der Waals surface area contributed by atoms with Gasteiger partial charge in [-0.2, -0.15) is 0 Å². The van der Waals surface area contributed by atoms with Crippen molar-refractivity contribution in [3.63, 3.8) is 0 Å². The fourth-order valence-electron chi connectivity index (χ4n) is 3.13. The van der Waals surface area contributed by atoms with E-state index >= 15 is 0 Å². The zero-order chi connectivity index (χ0) is 21.0. The van der Waals surface area contributed by atoms with Gasteiger partial charge in [0, 0.05) is 28.0 Å². The van der Waals surface area contributed by atoms with Crippen LogP contribution in [0.3, 0.4) is 0 Å². The van der Waals surface area contributed by atoms with Crippen molar-refractivity contribution in [1.82, 2.24) is 4.90 Å². The molecule has 0 aliphatic heterocycles. The zero-order valence-electron chi connectivity index (χ0n) is 16.7. The van der Waals surface area contributed by atoms with Gasteiger partial charge in [0.05, 0.1) is 12.3 Å². The van der Waals surface area contributed by atoms with Crippen molar-refractivity contribution in [2.24, 2.45) is 0 Å². The number of benzene rings is 3. The minimum Gasteiger partial charge on any atom is -0.336 e. The summed E-state index contributed by atoms with van der Waals surface area (Å²) in [6.45, 7) is 3.90. The normalized spacial score (nSPS) is 10.8. The Kier molecular flexibility index (Phi) is 6.83. The Balaban J connectivity index is 1.61. The van der Waals surface area contributed by atoms with Crippen molar-refractivity contribution in [2.45, 2.75) is 18.7 Å². The lowest BCUT2D eigenvalue weighted by molar-refractivity contribution is -0.131. The Labute approximate surface area is 180 Å². The lowest BCUT2D eigenvalue weighted by Crippen LogP contribution is -2.36. The number of anilines is 1. The van der Waals surface area contributed by atoms with Crippen LogP contribution in [0.1, 0.15) is 11.1 Å². The Hall–Kier alpha value is -2.50. The molecule has 3 aromatic carbocycles. The zero-order valence-corrected chi connectivity index (χ0v) is 18.2. The molecular weight excluding hydrogens is 404 g/mol. The number of fused-ring (bicyclic) bond motifs is 1. The molecule has 2 amide bonds. The third-order valence-electron chi connectivity index (χ3n) is 4.72. The van der Waals surface area contributed by atoms with Crippen LogP contribution in [0.2, 0.25) is 5.02 Å². The smallest absolute Gasteiger partial charge is 0.243 e.